The van der Waals surface area contributed by atoms with Gasteiger partial charge < -0.3 is 0 Å². The summed E-state index contributed by atoms with van der Waals surface area (Å²) in [6.45, 7) is 0.806. The molecule has 110 valence electrons. The monoisotopic (exact) mass is 283 g/mol. The van der Waals surface area contributed by atoms with E-state index in [1.54, 1.807) is 4.68 Å². The summed E-state index contributed by atoms with van der Waals surface area (Å²) < 4.78 is 3.64. The number of aromatic nitrogens is 3. The maximum Gasteiger partial charge on any atom is 0.346 e. The van der Waals surface area contributed by atoms with Gasteiger partial charge in [0, 0.05) is 13.0 Å². The third-order valence-electron chi connectivity index (χ3n) is 4.98. The van der Waals surface area contributed by atoms with Crippen LogP contribution in [0, 0.1) is 5.92 Å². The van der Waals surface area contributed by atoms with Crippen molar-refractivity contribution in [1.29, 1.82) is 0 Å². The second kappa shape index (κ2) is 5.17. The van der Waals surface area contributed by atoms with E-state index in [0.29, 0.717) is 5.92 Å². The largest absolute Gasteiger partial charge is 0.346 e. The van der Waals surface area contributed by atoms with Crippen molar-refractivity contribution in [2.75, 3.05) is 0 Å². The molecule has 21 heavy (non-hydrogen) atoms. The molecule has 1 aliphatic heterocycles. The van der Waals surface area contributed by atoms with Gasteiger partial charge in [-0.2, -0.15) is 5.10 Å². The van der Waals surface area contributed by atoms with Gasteiger partial charge >= 0.3 is 5.69 Å². The number of hydrogen-bond acceptors (Lipinski definition) is 2. The van der Waals surface area contributed by atoms with Gasteiger partial charge in [-0.25, -0.2) is 9.48 Å². The molecule has 0 spiro atoms. The summed E-state index contributed by atoms with van der Waals surface area (Å²) in [5.41, 5.74) is 1.31. The van der Waals surface area contributed by atoms with Crippen LogP contribution in [0.5, 0.6) is 0 Å². The molecule has 2 aromatic rings. The minimum atomic E-state index is 0.0863. The van der Waals surface area contributed by atoms with Gasteiger partial charge in [0.15, 0.2) is 0 Å². The van der Waals surface area contributed by atoms with Crippen molar-refractivity contribution in [3.8, 4) is 0 Å². The average Bonchev–Trinajstić information content (AvgIpc) is 3.21. The van der Waals surface area contributed by atoms with Crippen LogP contribution in [0.1, 0.15) is 49.5 Å². The SMILES string of the molecule is O=c1n(CC2CCCC2)nc2n1[C@H](c1ccccc1)CC2. The molecule has 4 nitrogen and oxygen atoms in total. The summed E-state index contributed by atoms with van der Waals surface area (Å²) in [6.07, 6.45) is 7.01. The maximum atomic E-state index is 12.7. The van der Waals surface area contributed by atoms with Crippen LogP contribution in [-0.2, 0) is 13.0 Å². The number of nitrogens with zero attached hydrogens (tertiary/aromatic N) is 3. The summed E-state index contributed by atoms with van der Waals surface area (Å²) >= 11 is 0. The summed E-state index contributed by atoms with van der Waals surface area (Å²) in [5, 5.41) is 4.60. The fourth-order valence-corrected chi connectivity index (χ4v) is 3.89. The number of rotatable bonds is 3. The first-order chi connectivity index (χ1) is 10.3. The van der Waals surface area contributed by atoms with E-state index in [1.807, 2.05) is 22.8 Å². The molecule has 0 radical (unpaired) electrons. The van der Waals surface area contributed by atoms with Crippen LogP contribution in [0.25, 0.3) is 0 Å². The summed E-state index contributed by atoms with van der Waals surface area (Å²) in [4.78, 5) is 12.7. The van der Waals surface area contributed by atoms with Crippen molar-refractivity contribution in [2.24, 2.45) is 5.92 Å². The lowest BCUT2D eigenvalue weighted by Gasteiger charge is -2.12. The van der Waals surface area contributed by atoms with Crippen LogP contribution in [0.4, 0.5) is 0 Å². The summed E-state index contributed by atoms with van der Waals surface area (Å²) in [7, 11) is 0. The van der Waals surface area contributed by atoms with Crippen molar-refractivity contribution in [3.05, 3.63) is 52.2 Å². The van der Waals surface area contributed by atoms with Gasteiger partial charge in [0.05, 0.1) is 6.04 Å². The molecular formula is C17H21N3O. The molecule has 1 aromatic heterocycles. The first-order valence-electron chi connectivity index (χ1n) is 8.06. The highest BCUT2D eigenvalue weighted by atomic mass is 16.2. The predicted molar refractivity (Wildman–Crippen MR) is 81.3 cm³/mol. The Morgan fingerprint density at radius 1 is 1.10 bits per heavy atom. The molecule has 1 aromatic carbocycles. The van der Waals surface area contributed by atoms with E-state index in [1.165, 1.54) is 31.2 Å². The van der Waals surface area contributed by atoms with Crippen molar-refractivity contribution < 1.29 is 0 Å². The first-order valence-corrected chi connectivity index (χ1v) is 8.06. The molecule has 2 aliphatic rings. The van der Waals surface area contributed by atoms with Gasteiger partial charge in [-0.1, -0.05) is 43.2 Å². The van der Waals surface area contributed by atoms with Gasteiger partial charge in [0.1, 0.15) is 5.82 Å². The zero-order chi connectivity index (χ0) is 14.2. The smallest absolute Gasteiger partial charge is 0.271 e. The van der Waals surface area contributed by atoms with Gasteiger partial charge in [0.25, 0.3) is 0 Å². The van der Waals surface area contributed by atoms with Gasteiger partial charge in [-0.15, -0.1) is 0 Å². The molecule has 0 amide bonds. The lowest BCUT2D eigenvalue weighted by atomic mass is 10.1. The second-order valence-corrected chi connectivity index (χ2v) is 6.37. The zero-order valence-corrected chi connectivity index (χ0v) is 12.2. The summed E-state index contributed by atoms with van der Waals surface area (Å²) in [6, 6.07) is 10.5. The van der Waals surface area contributed by atoms with E-state index in [9.17, 15) is 4.79 Å². The average molecular weight is 283 g/mol. The molecular weight excluding hydrogens is 262 g/mol. The lowest BCUT2D eigenvalue weighted by Crippen LogP contribution is -2.29. The van der Waals surface area contributed by atoms with Crippen molar-refractivity contribution in [1.82, 2.24) is 14.3 Å². The van der Waals surface area contributed by atoms with E-state index in [0.717, 1.165) is 25.2 Å². The molecule has 0 N–H and O–H groups in total. The number of aryl methyl sites for hydroxylation is 1. The maximum absolute atomic E-state index is 12.7. The molecule has 1 fully saturated rings. The third-order valence-corrected chi connectivity index (χ3v) is 4.98. The molecule has 2 heterocycles. The Morgan fingerprint density at radius 3 is 2.62 bits per heavy atom. The highest BCUT2D eigenvalue weighted by Gasteiger charge is 2.29. The Labute approximate surface area is 124 Å². The van der Waals surface area contributed by atoms with E-state index in [-0.39, 0.29) is 11.7 Å². The van der Waals surface area contributed by atoms with Crippen LogP contribution in [0.3, 0.4) is 0 Å². The van der Waals surface area contributed by atoms with Gasteiger partial charge in [-0.3, -0.25) is 4.57 Å². The summed E-state index contributed by atoms with van der Waals surface area (Å²) in [5.74, 6) is 1.61. The highest BCUT2D eigenvalue weighted by Crippen LogP contribution is 2.30. The Morgan fingerprint density at radius 2 is 1.86 bits per heavy atom. The van der Waals surface area contributed by atoms with E-state index < -0.39 is 0 Å². The number of benzene rings is 1. The zero-order valence-electron chi connectivity index (χ0n) is 12.2. The quantitative estimate of drug-likeness (QED) is 0.869. The Hall–Kier alpha value is -1.84. The minimum Gasteiger partial charge on any atom is -0.271 e. The van der Waals surface area contributed by atoms with E-state index in [4.69, 9.17) is 0 Å². The highest BCUT2D eigenvalue weighted by molar-refractivity contribution is 5.22. The van der Waals surface area contributed by atoms with Crippen molar-refractivity contribution in [2.45, 2.75) is 51.1 Å². The molecule has 0 unspecified atom stereocenters. The van der Waals surface area contributed by atoms with Crippen molar-refractivity contribution in [3.63, 3.8) is 0 Å². The van der Waals surface area contributed by atoms with Crippen molar-refractivity contribution >= 4 is 0 Å². The number of hydrogen-bond donors (Lipinski definition) is 0. The molecule has 1 atom stereocenters. The molecule has 0 saturated heterocycles. The Kier molecular flexibility index (Phi) is 3.17. The lowest BCUT2D eigenvalue weighted by molar-refractivity contribution is 0.410. The van der Waals surface area contributed by atoms with Gasteiger partial charge in [-0.05, 0) is 30.7 Å². The number of fused-ring (bicyclic) bond motifs is 1. The Bertz CT molecular complexity index is 680. The molecule has 1 aliphatic carbocycles. The first kappa shape index (κ1) is 12.9. The topological polar surface area (TPSA) is 39.8 Å². The Balaban J connectivity index is 1.66. The van der Waals surface area contributed by atoms with Crippen LogP contribution >= 0.6 is 0 Å². The van der Waals surface area contributed by atoms with E-state index in [2.05, 4.69) is 17.2 Å². The van der Waals surface area contributed by atoms with Crippen LogP contribution < -0.4 is 5.69 Å². The van der Waals surface area contributed by atoms with Crippen LogP contribution in [0.2, 0.25) is 0 Å². The predicted octanol–water partition coefficient (Wildman–Crippen LogP) is 2.77. The fraction of sp³-hybridized carbons (Fsp3) is 0.529. The molecule has 0 bridgehead atoms. The molecule has 4 rings (SSSR count). The normalized spacial score (nSPS) is 21.8. The van der Waals surface area contributed by atoms with Gasteiger partial charge in [0.2, 0.25) is 0 Å². The minimum absolute atomic E-state index is 0.0863. The molecule has 1 saturated carbocycles. The second-order valence-electron chi connectivity index (χ2n) is 6.37. The van der Waals surface area contributed by atoms with E-state index >= 15 is 0 Å². The molecule has 4 heteroatoms. The van der Waals surface area contributed by atoms with Crippen LogP contribution in [0.15, 0.2) is 35.1 Å². The fourth-order valence-electron chi connectivity index (χ4n) is 3.89. The van der Waals surface area contributed by atoms with Crippen LogP contribution in [-0.4, -0.2) is 14.3 Å². The standard InChI is InChI=1S/C17H21N3O/c21-17-19(12-13-6-4-5-7-13)18-16-11-10-15(20(16)17)14-8-2-1-3-9-14/h1-3,8-9,13,15H,4-7,10-12H2/t15-/m0/s1. The third kappa shape index (κ3) is 2.23.